The molecule has 3 nitrogen and oxygen atoms in total. The molecule has 0 heterocycles. The summed E-state index contributed by atoms with van der Waals surface area (Å²) in [6.07, 6.45) is 3.17. The van der Waals surface area contributed by atoms with Crippen LogP contribution in [0.15, 0.2) is 12.2 Å². The number of carbonyl (C=O) groups is 1. The summed E-state index contributed by atoms with van der Waals surface area (Å²) in [4.78, 5) is 11.1. The predicted molar refractivity (Wildman–Crippen MR) is 73.5 cm³/mol. The van der Waals surface area contributed by atoms with Gasteiger partial charge in [0.15, 0.2) is 8.32 Å². The molecule has 0 amide bonds. The first-order valence-electron chi connectivity index (χ1n) is 6.35. The van der Waals surface area contributed by atoms with Gasteiger partial charge in [-0.15, -0.1) is 0 Å². The predicted octanol–water partition coefficient (Wildman–Crippen LogP) is 3.52. The Balaban J connectivity index is 3.64. The second-order valence-corrected chi connectivity index (χ2v) is 9.29. The van der Waals surface area contributed by atoms with E-state index in [0.29, 0.717) is 12.2 Å². The number of esters is 1. The highest BCUT2D eigenvalue weighted by Gasteiger charge is 2.21. The van der Waals surface area contributed by atoms with E-state index in [0.717, 1.165) is 25.5 Å². The van der Waals surface area contributed by atoms with Crippen molar-refractivity contribution in [1.29, 1.82) is 0 Å². The summed E-state index contributed by atoms with van der Waals surface area (Å²) in [5, 5.41) is 0. The number of unbranched alkanes of at least 4 members (excludes halogenated alkanes) is 1. The van der Waals surface area contributed by atoms with E-state index in [1.165, 1.54) is 6.42 Å². The lowest BCUT2D eigenvalue weighted by molar-refractivity contribution is -0.138. The van der Waals surface area contributed by atoms with Crippen LogP contribution in [0.25, 0.3) is 0 Å². The molecule has 100 valence electrons. The topological polar surface area (TPSA) is 35.5 Å². The fourth-order valence-corrected chi connectivity index (χ4v) is 3.19. The lowest BCUT2D eigenvalue weighted by Gasteiger charge is -2.22. The van der Waals surface area contributed by atoms with E-state index < -0.39 is 8.32 Å². The Labute approximate surface area is 106 Å². The van der Waals surface area contributed by atoms with Crippen LogP contribution in [0, 0.1) is 0 Å². The van der Waals surface area contributed by atoms with Gasteiger partial charge in [-0.25, -0.2) is 4.79 Å². The summed E-state index contributed by atoms with van der Waals surface area (Å²) >= 11 is 0. The molecule has 0 saturated carbocycles. The van der Waals surface area contributed by atoms with E-state index in [-0.39, 0.29) is 5.97 Å². The molecule has 17 heavy (non-hydrogen) atoms. The Bertz CT molecular complexity index is 249. The normalized spacial score (nSPS) is 11.3. The molecule has 0 saturated heterocycles. The summed E-state index contributed by atoms with van der Waals surface area (Å²) < 4.78 is 11.0. The van der Waals surface area contributed by atoms with Crippen LogP contribution in [0.3, 0.4) is 0 Å². The molecule has 0 fully saturated rings. The maximum atomic E-state index is 11.1. The Kier molecular flexibility index (Phi) is 8.17. The molecule has 0 rings (SSSR count). The van der Waals surface area contributed by atoms with Gasteiger partial charge in [-0.05, 0) is 38.9 Å². The van der Waals surface area contributed by atoms with Crippen molar-refractivity contribution in [1.82, 2.24) is 0 Å². The minimum absolute atomic E-state index is 0.295. The minimum atomic E-state index is -1.55. The van der Waals surface area contributed by atoms with Crippen LogP contribution < -0.4 is 0 Å². The van der Waals surface area contributed by atoms with Crippen LogP contribution in [0.4, 0.5) is 0 Å². The fourth-order valence-electron chi connectivity index (χ4n) is 1.35. The van der Waals surface area contributed by atoms with Crippen molar-refractivity contribution in [2.24, 2.45) is 0 Å². The maximum absolute atomic E-state index is 11.1. The number of rotatable bonds is 9. The van der Waals surface area contributed by atoms with Crippen LogP contribution in [0.1, 0.15) is 33.1 Å². The smallest absolute Gasteiger partial charge is 0.333 e. The van der Waals surface area contributed by atoms with Gasteiger partial charge >= 0.3 is 5.97 Å². The summed E-state index contributed by atoms with van der Waals surface area (Å²) in [5.74, 6) is -0.295. The zero-order valence-corrected chi connectivity index (χ0v) is 12.7. The quantitative estimate of drug-likeness (QED) is 0.275. The van der Waals surface area contributed by atoms with E-state index in [4.69, 9.17) is 9.16 Å². The molecule has 0 aliphatic rings. The highest BCUT2D eigenvalue weighted by Crippen LogP contribution is 2.14. The van der Waals surface area contributed by atoms with Gasteiger partial charge in [-0.3, -0.25) is 0 Å². The minimum Gasteiger partial charge on any atom is -0.462 e. The molecule has 0 bridgehead atoms. The molecule has 0 radical (unpaired) electrons. The van der Waals surface area contributed by atoms with E-state index in [1.54, 1.807) is 6.92 Å². The molecule has 0 aromatic carbocycles. The van der Waals surface area contributed by atoms with Gasteiger partial charge in [0.25, 0.3) is 0 Å². The highest BCUT2D eigenvalue weighted by molar-refractivity contribution is 6.71. The van der Waals surface area contributed by atoms with E-state index in [2.05, 4.69) is 26.6 Å². The molecule has 0 aromatic heterocycles. The Morgan fingerprint density at radius 3 is 2.41 bits per heavy atom. The average molecular weight is 258 g/mol. The number of hydrogen-bond acceptors (Lipinski definition) is 3. The highest BCUT2D eigenvalue weighted by atomic mass is 28.4. The first-order chi connectivity index (χ1) is 7.89. The summed E-state index contributed by atoms with van der Waals surface area (Å²) in [6.45, 7) is 13.1. The summed E-state index contributed by atoms with van der Waals surface area (Å²) in [7, 11) is -1.55. The maximum Gasteiger partial charge on any atom is 0.333 e. The van der Waals surface area contributed by atoms with Crippen LogP contribution in [-0.2, 0) is 14.0 Å². The standard InChI is InChI=1S/C13H26O3Si/c1-6-7-10-16-17(4,5)11-8-9-15-13(14)12(2)3/h2,6-11H2,1,3-5H3. The molecule has 0 aliphatic heterocycles. The van der Waals surface area contributed by atoms with Crippen LogP contribution in [-0.4, -0.2) is 27.5 Å². The van der Waals surface area contributed by atoms with Crippen molar-refractivity contribution in [3.8, 4) is 0 Å². The van der Waals surface area contributed by atoms with Gasteiger partial charge in [0.05, 0.1) is 6.61 Å². The van der Waals surface area contributed by atoms with Crippen LogP contribution in [0.5, 0.6) is 0 Å². The number of carbonyl (C=O) groups excluding carboxylic acids is 1. The zero-order valence-electron chi connectivity index (χ0n) is 11.7. The van der Waals surface area contributed by atoms with Crippen LogP contribution in [0.2, 0.25) is 19.1 Å². The monoisotopic (exact) mass is 258 g/mol. The third-order valence-electron chi connectivity index (χ3n) is 2.50. The van der Waals surface area contributed by atoms with Gasteiger partial charge in [0.2, 0.25) is 0 Å². The Morgan fingerprint density at radius 2 is 1.88 bits per heavy atom. The lowest BCUT2D eigenvalue weighted by atomic mass is 10.4. The first kappa shape index (κ1) is 16.4. The molecule has 4 heteroatoms. The van der Waals surface area contributed by atoms with Crippen molar-refractivity contribution in [2.45, 2.75) is 52.2 Å². The third-order valence-corrected chi connectivity index (χ3v) is 5.04. The fraction of sp³-hybridized carbons (Fsp3) is 0.769. The van der Waals surface area contributed by atoms with Gasteiger partial charge < -0.3 is 9.16 Å². The van der Waals surface area contributed by atoms with Gasteiger partial charge in [-0.2, -0.15) is 0 Å². The van der Waals surface area contributed by atoms with Gasteiger partial charge in [-0.1, -0.05) is 19.9 Å². The molecule has 0 N–H and O–H groups in total. The number of ether oxygens (including phenoxy) is 1. The molecule has 0 spiro atoms. The zero-order chi connectivity index (χ0) is 13.3. The molecule has 0 aromatic rings. The Morgan fingerprint density at radius 1 is 1.24 bits per heavy atom. The largest absolute Gasteiger partial charge is 0.462 e. The van der Waals surface area contributed by atoms with Crippen molar-refractivity contribution < 1.29 is 14.0 Å². The van der Waals surface area contributed by atoms with Gasteiger partial charge in [0.1, 0.15) is 0 Å². The first-order valence-corrected chi connectivity index (χ1v) is 9.47. The van der Waals surface area contributed by atoms with E-state index in [1.807, 2.05) is 0 Å². The molecule has 0 aliphatic carbocycles. The summed E-state index contributed by atoms with van der Waals surface area (Å²) in [6, 6.07) is 1.03. The second-order valence-electron chi connectivity index (χ2n) is 4.98. The molecular formula is C13H26O3Si. The third kappa shape index (κ3) is 9.12. The van der Waals surface area contributed by atoms with Crippen molar-refractivity contribution >= 4 is 14.3 Å². The lowest BCUT2D eigenvalue weighted by Crippen LogP contribution is -2.31. The number of hydrogen-bond donors (Lipinski definition) is 0. The van der Waals surface area contributed by atoms with Gasteiger partial charge in [0, 0.05) is 12.2 Å². The van der Waals surface area contributed by atoms with Crippen LogP contribution >= 0.6 is 0 Å². The molecule has 0 unspecified atom stereocenters. The SMILES string of the molecule is C=C(C)C(=O)OCCC[Si](C)(C)OCCCC. The summed E-state index contributed by atoms with van der Waals surface area (Å²) in [5.41, 5.74) is 0.459. The van der Waals surface area contributed by atoms with Crippen molar-refractivity contribution in [3.63, 3.8) is 0 Å². The van der Waals surface area contributed by atoms with Crippen molar-refractivity contribution in [3.05, 3.63) is 12.2 Å². The van der Waals surface area contributed by atoms with E-state index >= 15 is 0 Å². The molecule has 0 atom stereocenters. The molecular weight excluding hydrogens is 232 g/mol. The average Bonchev–Trinajstić information content (AvgIpc) is 2.24. The van der Waals surface area contributed by atoms with E-state index in [9.17, 15) is 4.79 Å². The Hall–Kier alpha value is -0.613. The van der Waals surface area contributed by atoms with Crippen molar-refractivity contribution in [2.75, 3.05) is 13.2 Å². The second kappa shape index (κ2) is 8.47.